The third-order valence-electron chi connectivity index (χ3n) is 7.03. The van der Waals surface area contributed by atoms with Crippen molar-refractivity contribution in [2.45, 2.75) is 88.6 Å². The number of aromatic nitrogens is 2. The van der Waals surface area contributed by atoms with Crippen LogP contribution in [-0.2, 0) is 0 Å². The molecule has 0 aromatic carbocycles. The molecule has 2 unspecified atom stereocenters. The van der Waals surface area contributed by atoms with Crippen molar-refractivity contribution in [1.82, 2.24) is 20.2 Å². The van der Waals surface area contributed by atoms with Gasteiger partial charge in [0.25, 0.3) is 0 Å². The fourth-order valence-electron chi connectivity index (χ4n) is 5.54. The molecule has 3 saturated heterocycles. The van der Waals surface area contributed by atoms with Gasteiger partial charge >= 0.3 is 0 Å². The first-order valence-corrected chi connectivity index (χ1v) is 12.3. The molecule has 1 aromatic rings. The molecule has 1 aliphatic carbocycles. The van der Waals surface area contributed by atoms with Crippen molar-refractivity contribution < 1.29 is 0 Å². The Morgan fingerprint density at radius 1 is 0.867 bits per heavy atom. The number of hydrogen-bond acceptors (Lipinski definition) is 5. The monoisotopic (exact) mass is 413 g/mol. The van der Waals surface area contributed by atoms with Gasteiger partial charge in [-0.3, -0.25) is 0 Å². The lowest BCUT2D eigenvalue weighted by molar-refractivity contribution is 0.183. The lowest BCUT2D eigenvalue weighted by Gasteiger charge is -2.50. The van der Waals surface area contributed by atoms with Crippen molar-refractivity contribution in [2.24, 2.45) is 0 Å². The van der Waals surface area contributed by atoms with Gasteiger partial charge in [-0.2, -0.15) is 0 Å². The number of piperidine rings is 2. The SMILES string of the molecule is C1CCCCC1.C=C.CN1CC2CCCC(C1)N2c1ccnc(C2CCNCC2)n1. The first-order valence-electron chi connectivity index (χ1n) is 12.3. The maximum Gasteiger partial charge on any atom is 0.133 e. The van der Waals surface area contributed by atoms with Crippen LogP contribution in [0.4, 0.5) is 5.82 Å². The van der Waals surface area contributed by atoms with Gasteiger partial charge < -0.3 is 15.1 Å². The van der Waals surface area contributed by atoms with Crippen LogP contribution in [0.25, 0.3) is 0 Å². The number of likely N-dealkylation sites (N-methyl/N-ethyl adjacent to an activating group) is 1. The molecule has 1 N–H and O–H groups in total. The first kappa shape index (κ1) is 23.2. The maximum absolute atomic E-state index is 5.00. The standard InChI is InChI=1S/C17H27N5.C6H12.C2H4/c1-21-11-14-3-2-4-15(12-21)22(14)16-7-10-19-17(20-16)13-5-8-18-9-6-13;1-2-4-6-5-3-1;1-2/h7,10,13-15,18H,2-6,8-9,11-12H2,1H3;1-6H2;1-2H2. The highest BCUT2D eigenvalue weighted by Gasteiger charge is 2.37. The van der Waals surface area contributed by atoms with Crippen LogP contribution in [-0.4, -0.2) is 60.2 Å². The minimum atomic E-state index is 0.536. The molecule has 5 heteroatoms. The van der Waals surface area contributed by atoms with Gasteiger partial charge in [0, 0.05) is 37.3 Å². The van der Waals surface area contributed by atoms with E-state index in [1.54, 1.807) is 0 Å². The average Bonchev–Trinajstić information content (AvgIpc) is 2.82. The number of nitrogens with zero attached hydrogens (tertiary/aromatic N) is 4. The van der Waals surface area contributed by atoms with Gasteiger partial charge in [-0.15, -0.1) is 13.2 Å². The van der Waals surface area contributed by atoms with Gasteiger partial charge in [0.05, 0.1) is 0 Å². The van der Waals surface area contributed by atoms with E-state index >= 15 is 0 Å². The van der Waals surface area contributed by atoms with Crippen molar-refractivity contribution in [3.05, 3.63) is 31.2 Å². The summed E-state index contributed by atoms with van der Waals surface area (Å²) in [4.78, 5) is 14.7. The molecule has 3 aliphatic heterocycles. The summed E-state index contributed by atoms with van der Waals surface area (Å²) in [5.74, 6) is 2.77. The van der Waals surface area contributed by atoms with Gasteiger partial charge in [0.1, 0.15) is 11.6 Å². The van der Waals surface area contributed by atoms with E-state index in [-0.39, 0.29) is 0 Å². The number of rotatable bonds is 2. The summed E-state index contributed by atoms with van der Waals surface area (Å²) in [6.45, 7) is 10.5. The molecular formula is C25H43N5. The van der Waals surface area contributed by atoms with Crippen LogP contribution in [0.2, 0.25) is 0 Å². The van der Waals surface area contributed by atoms with E-state index < -0.39 is 0 Å². The Morgan fingerprint density at radius 2 is 1.43 bits per heavy atom. The normalized spacial score (nSPS) is 27.3. The van der Waals surface area contributed by atoms with Crippen molar-refractivity contribution in [1.29, 1.82) is 0 Å². The number of hydrogen-bond donors (Lipinski definition) is 1. The number of piperazine rings is 1. The topological polar surface area (TPSA) is 44.3 Å². The molecule has 5 rings (SSSR count). The molecule has 4 heterocycles. The third kappa shape index (κ3) is 6.27. The minimum Gasteiger partial charge on any atom is -0.348 e. The summed E-state index contributed by atoms with van der Waals surface area (Å²) in [5.41, 5.74) is 0. The lowest BCUT2D eigenvalue weighted by Crippen LogP contribution is -2.60. The predicted molar refractivity (Wildman–Crippen MR) is 127 cm³/mol. The highest BCUT2D eigenvalue weighted by molar-refractivity contribution is 5.43. The van der Waals surface area contributed by atoms with E-state index in [2.05, 4.69) is 46.4 Å². The summed E-state index contributed by atoms with van der Waals surface area (Å²) in [6, 6.07) is 3.39. The van der Waals surface area contributed by atoms with Crippen LogP contribution >= 0.6 is 0 Å². The fraction of sp³-hybridized carbons (Fsp3) is 0.760. The van der Waals surface area contributed by atoms with Crippen LogP contribution in [0.15, 0.2) is 25.4 Å². The van der Waals surface area contributed by atoms with Gasteiger partial charge in [0.2, 0.25) is 0 Å². The highest BCUT2D eigenvalue weighted by atomic mass is 15.3. The van der Waals surface area contributed by atoms with Crippen LogP contribution in [0.3, 0.4) is 0 Å². The number of fused-ring (bicyclic) bond motifs is 2. The lowest BCUT2D eigenvalue weighted by atomic mass is 9.91. The Labute approximate surface area is 184 Å². The van der Waals surface area contributed by atoms with Gasteiger partial charge in [-0.1, -0.05) is 38.5 Å². The number of likely N-dealkylation sites (tertiary alicyclic amines) is 1. The Bertz CT molecular complexity index is 586. The van der Waals surface area contributed by atoms with Gasteiger partial charge in [-0.05, 0) is 58.3 Å². The average molecular weight is 414 g/mol. The Kier molecular flexibility index (Phi) is 9.60. The predicted octanol–water partition coefficient (Wildman–Crippen LogP) is 4.76. The second-order valence-corrected chi connectivity index (χ2v) is 9.29. The molecule has 0 amide bonds. The zero-order valence-electron chi connectivity index (χ0n) is 19.2. The summed E-state index contributed by atoms with van der Waals surface area (Å²) in [7, 11) is 2.25. The molecule has 2 bridgehead atoms. The van der Waals surface area contributed by atoms with E-state index in [4.69, 9.17) is 4.98 Å². The van der Waals surface area contributed by atoms with Crippen LogP contribution in [0.5, 0.6) is 0 Å². The Balaban J connectivity index is 0.000000273. The van der Waals surface area contributed by atoms with E-state index in [1.165, 1.54) is 89.5 Å². The third-order valence-corrected chi connectivity index (χ3v) is 7.03. The molecule has 1 saturated carbocycles. The fourth-order valence-corrected chi connectivity index (χ4v) is 5.54. The summed E-state index contributed by atoms with van der Waals surface area (Å²) in [5, 5.41) is 3.43. The number of anilines is 1. The smallest absolute Gasteiger partial charge is 0.133 e. The molecule has 2 atom stereocenters. The van der Waals surface area contributed by atoms with E-state index in [1.807, 2.05) is 6.20 Å². The largest absolute Gasteiger partial charge is 0.348 e. The van der Waals surface area contributed by atoms with E-state index in [9.17, 15) is 0 Å². The molecule has 0 radical (unpaired) electrons. The summed E-state index contributed by atoms with van der Waals surface area (Å²) >= 11 is 0. The maximum atomic E-state index is 5.00. The molecule has 4 aliphatic rings. The molecule has 168 valence electrons. The van der Waals surface area contributed by atoms with Crippen LogP contribution in [0, 0.1) is 0 Å². The quantitative estimate of drug-likeness (QED) is 0.708. The molecule has 1 aromatic heterocycles. The Hall–Kier alpha value is -1.46. The van der Waals surface area contributed by atoms with Crippen molar-refractivity contribution >= 4 is 5.82 Å². The van der Waals surface area contributed by atoms with E-state index in [0.717, 1.165) is 18.9 Å². The molecule has 4 fully saturated rings. The summed E-state index contributed by atoms with van der Waals surface area (Å²) in [6.07, 6.45) is 17.3. The van der Waals surface area contributed by atoms with Crippen molar-refractivity contribution in [3.63, 3.8) is 0 Å². The summed E-state index contributed by atoms with van der Waals surface area (Å²) < 4.78 is 0. The minimum absolute atomic E-state index is 0.536. The molecule has 0 spiro atoms. The highest BCUT2D eigenvalue weighted by Crippen LogP contribution is 2.33. The van der Waals surface area contributed by atoms with E-state index in [0.29, 0.717) is 18.0 Å². The first-order chi connectivity index (χ1) is 14.8. The van der Waals surface area contributed by atoms with Gasteiger partial charge in [-0.25, -0.2) is 9.97 Å². The van der Waals surface area contributed by atoms with Crippen LogP contribution < -0.4 is 10.2 Å². The van der Waals surface area contributed by atoms with Crippen molar-refractivity contribution in [3.8, 4) is 0 Å². The second kappa shape index (κ2) is 12.4. The van der Waals surface area contributed by atoms with Crippen molar-refractivity contribution in [2.75, 3.05) is 38.1 Å². The molecule has 30 heavy (non-hydrogen) atoms. The number of nitrogens with one attached hydrogen (secondary N) is 1. The van der Waals surface area contributed by atoms with Crippen LogP contribution in [0.1, 0.15) is 82.4 Å². The molecular weight excluding hydrogens is 370 g/mol. The zero-order chi connectivity index (χ0) is 21.2. The van der Waals surface area contributed by atoms with Gasteiger partial charge in [0.15, 0.2) is 0 Å². The molecule has 5 nitrogen and oxygen atoms in total. The zero-order valence-corrected chi connectivity index (χ0v) is 19.2. The second-order valence-electron chi connectivity index (χ2n) is 9.29. The Morgan fingerprint density at radius 3 is 2.00 bits per heavy atom.